The van der Waals surface area contributed by atoms with Gasteiger partial charge in [-0.1, -0.05) is 13.8 Å². The molecule has 0 aliphatic rings. The second-order valence-electron chi connectivity index (χ2n) is 4.14. The van der Waals surface area contributed by atoms with Crippen LogP contribution in [-0.2, 0) is 11.2 Å². The molecule has 0 aromatic carbocycles. The Hall–Kier alpha value is -1.85. The predicted octanol–water partition coefficient (Wildman–Crippen LogP) is 1.41. The third kappa shape index (κ3) is 4.73. The summed E-state index contributed by atoms with van der Waals surface area (Å²) in [6.45, 7) is 7.78. The van der Waals surface area contributed by atoms with Gasteiger partial charge in [0.05, 0.1) is 6.54 Å². The first-order valence-electron chi connectivity index (χ1n) is 6.81. The number of carbonyl (C=O) groups is 1. The molecule has 0 aliphatic carbocycles. The number of carbonyl (C=O) groups excluding carboxylic acids is 1. The highest BCUT2D eigenvalue weighted by molar-refractivity contribution is 5.80. The van der Waals surface area contributed by atoms with Crippen molar-refractivity contribution in [1.82, 2.24) is 15.3 Å². The zero-order valence-electron chi connectivity index (χ0n) is 11.9. The number of hydrogen-bond donors (Lipinski definition) is 3. The fraction of sp³-hybridized carbons (Fsp3) is 0.615. The molecular weight excluding hydrogens is 242 g/mol. The Labute approximate surface area is 114 Å². The van der Waals surface area contributed by atoms with E-state index in [0.29, 0.717) is 6.54 Å². The summed E-state index contributed by atoms with van der Waals surface area (Å²) in [5.74, 6) is 1.53. The van der Waals surface area contributed by atoms with Crippen LogP contribution >= 0.6 is 0 Å². The summed E-state index contributed by atoms with van der Waals surface area (Å²) >= 11 is 0. The average molecular weight is 265 g/mol. The zero-order valence-corrected chi connectivity index (χ0v) is 11.9. The molecule has 3 N–H and O–H groups in total. The molecule has 0 radical (unpaired) electrons. The number of likely N-dealkylation sites (N-methyl/N-ethyl adjacent to an activating group) is 1. The molecule has 6 heteroatoms. The molecule has 0 saturated carbocycles. The van der Waals surface area contributed by atoms with Crippen molar-refractivity contribution in [3.8, 4) is 0 Å². The third-order valence-electron chi connectivity index (χ3n) is 2.63. The first kappa shape index (κ1) is 15.2. The van der Waals surface area contributed by atoms with Crippen LogP contribution in [0, 0.1) is 0 Å². The highest BCUT2D eigenvalue weighted by atomic mass is 16.1. The molecule has 0 spiro atoms. The molecular formula is C13H23N5O. The monoisotopic (exact) mass is 265 g/mol. The van der Waals surface area contributed by atoms with Gasteiger partial charge in [0.2, 0.25) is 5.91 Å². The van der Waals surface area contributed by atoms with E-state index in [1.165, 1.54) is 6.33 Å². The molecule has 1 amide bonds. The second-order valence-corrected chi connectivity index (χ2v) is 4.14. The van der Waals surface area contributed by atoms with Crippen LogP contribution in [-0.4, -0.2) is 35.5 Å². The molecule has 6 nitrogen and oxygen atoms in total. The van der Waals surface area contributed by atoms with Crippen molar-refractivity contribution in [3.05, 3.63) is 11.9 Å². The van der Waals surface area contributed by atoms with E-state index in [4.69, 9.17) is 0 Å². The molecule has 19 heavy (non-hydrogen) atoms. The van der Waals surface area contributed by atoms with Gasteiger partial charge in [-0.15, -0.1) is 0 Å². The number of rotatable bonds is 8. The summed E-state index contributed by atoms with van der Waals surface area (Å²) in [7, 11) is 0. The molecule has 0 atom stereocenters. The van der Waals surface area contributed by atoms with Crippen molar-refractivity contribution in [1.29, 1.82) is 0 Å². The van der Waals surface area contributed by atoms with Crippen LogP contribution in [0.5, 0.6) is 0 Å². The van der Waals surface area contributed by atoms with Gasteiger partial charge in [0.1, 0.15) is 18.0 Å². The topological polar surface area (TPSA) is 78.9 Å². The second kappa shape index (κ2) is 8.29. The highest BCUT2D eigenvalue weighted by Gasteiger charge is 2.10. The maximum atomic E-state index is 11.4. The fourth-order valence-electron chi connectivity index (χ4n) is 1.72. The Morgan fingerprint density at radius 2 is 1.84 bits per heavy atom. The SMILES string of the molecule is CCCNc1ncnc(NCC(=O)NCC)c1CC. The van der Waals surface area contributed by atoms with E-state index < -0.39 is 0 Å². The van der Waals surface area contributed by atoms with E-state index in [1.54, 1.807) is 0 Å². The summed E-state index contributed by atoms with van der Waals surface area (Å²) < 4.78 is 0. The van der Waals surface area contributed by atoms with E-state index >= 15 is 0 Å². The molecule has 0 unspecified atom stereocenters. The van der Waals surface area contributed by atoms with Gasteiger partial charge in [0.25, 0.3) is 0 Å². The number of anilines is 2. The van der Waals surface area contributed by atoms with Crippen LogP contribution < -0.4 is 16.0 Å². The van der Waals surface area contributed by atoms with Crippen molar-refractivity contribution in [2.24, 2.45) is 0 Å². The summed E-state index contributed by atoms with van der Waals surface area (Å²) in [4.78, 5) is 19.9. The van der Waals surface area contributed by atoms with Gasteiger partial charge in [-0.3, -0.25) is 4.79 Å². The lowest BCUT2D eigenvalue weighted by Crippen LogP contribution is -2.30. The van der Waals surface area contributed by atoms with Gasteiger partial charge in [0, 0.05) is 18.7 Å². The maximum Gasteiger partial charge on any atom is 0.239 e. The normalized spacial score (nSPS) is 10.1. The van der Waals surface area contributed by atoms with Crippen LogP contribution in [0.15, 0.2) is 6.33 Å². The van der Waals surface area contributed by atoms with Crippen LogP contribution in [0.2, 0.25) is 0 Å². The lowest BCUT2D eigenvalue weighted by atomic mass is 10.2. The van der Waals surface area contributed by atoms with Gasteiger partial charge >= 0.3 is 0 Å². The summed E-state index contributed by atoms with van der Waals surface area (Å²) in [5, 5.41) is 9.08. The molecule has 0 fully saturated rings. The van der Waals surface area contributed by atoms with Crippen molar-refractivity contribution < 1.29 is 4.79 Å². The average Bonchev–Trinajstić information content (AvgIpc) is 2.43. The minimum Gasteiger partial charge on any atom is -0.370 e. The van der Waals surface area contributed by atoms with Gasteiger partial charge in [-0.05, 0) is 19.8 Å². The van der Waals surface area contributed by atoms with E-state index in [9.17, 15) is 4.79 Å². The Morgan fingerprint density at radius 3 is 2.42 bits per heavy atom. The van der Waals surface area contributed by atoms with Crippen LogP contribution in [0.4, 0.5) is 11.6 Å². The highest BCUT2D eigenvalue weighted by Crippen LogP contribution is 2.20. The zero-order chi connectivity index (χ0) is 14.1. The first-order valence-corrected chi connectivity index (χ1v) is 6.81. The fourth-order valence-corrected chi connectivity index (χ4v) is 1.72. The third-order valence-corrected chi connectivity index (χ3v) is 2.63. The summed E-state index contributed by atoms with van der Waals surface area (Å²) in [5.41, 5.74) is 1.01. The summed E-state index contributed by atoms with van der Waals surface area (Å²) in [6, 6.07) is 0. The molecule has 1 aromatic rings. The number of aromatic nitrogens is 2. The number of amides is 1. The van der Waals surface area contributed by atoms with Crippen molar-refractivity contribution in [2.75, 3.05) is 30.3 Å². The minimum atomic E-state index is -0.0359. The van der Waals surface area contributed by atoms with E-state index in [2.05, 4.69) is 32.8 Å². The quantitative estimate of drug-likeness (QED) is 0.662. The van der Waals surface area contributed by atoms with Gasteiger partial charge in [-0.25, -0.2) is 9.97 Å². The Morgan fingerprint density at radius 1 is 1.16 bits per heavy atom. The molecule has 0 bridgehead atoms. The standard InChI is InChI=1S/C13H23N5O/c1-4-7-15-12-10(5-2)13(18-9-17-12)16-8-11(19)14-6-3/h9H,4-8H2,1-3H3,(H,14,19)(H2,15,16,17,18). The molecule has 0 aliphatic heterocycles. The van der Waals surface area contributed by atoms with E-state index in [1.807, 2.05) is 13.8 Å². The largest absolute Gasteiger partial charge is 0.370 e. The first-order chi connectivity index (χ1) is 9.22. The molecule has 1 heterocycles. The number of hydrogen-bond acceptors (Lipinski definition) is 5. The molecule has 0 saturated heterocycles. The van der Waals surface area contributed by atoms with Crippen LogP contribution in [0.25, 0.3) is 0 Å². The van der Waals surface area contributed by atoms with Gasteiger partial charge in [0.15, 0.2) is 0 Å². The number of nitrogens with zero attached hydrogens (tertiary/aromatic N) is 2. The van der Waals surface area contributed by atoms with Crippen molar-refractivity contribution >= 4 is 17.5 Å². The Kier molecular flexibility index (Phi) is 6.63. The molecule has 1 rings (SSSR count). The number of nitrogens with one attached hydrogen (secondary N) is 3. The van der Waals surface area contributed by atoms with E-state index in [-0.39, 0.29) is 12.5 Å². The predicted molar refractivity (Wildman–Crippen MR) is 77.4 cm³/mol. The van der Waals surface area contributed by atoms with Gasteiger partial charge in [-0.2, -0.15) is 0 Å². The van der Waals surface area contributed by atoms with Crippen LogP contribution in [0.1, 0.15) is 32.8 Å². The minimum absolute atomic E-state index is 0.0359. The Bertz CT molecular complexity index is 408. The van der Waals surface area contributed by atoms with Gasteiger partial charge < -0.3 is 16.0 Å². The molecule has 1 aromatic heterocycles. The van der Waals surface area contributed by atoms with Crippen molar-refractivity contribution in [2.45, 2.75) is 33.6 Å². The molecule has 106 valence electrons. The lowest BCUT2D eigenvalue weighted by Gasteiger charge is -2.13. The maximum absolute atomic E-state index is 11.4. The Balaban J connectivity index is 2.73. The lowest BCUT2D eigenvalue weighted by molar-refractivity contribution is -0.119. The van der Waals surface area contributed by atoms with E-state index in [0.717, 1.165) is 36.6 Å². The van der Waals surface area contributed by atoms with Crippen LogP contribution in [0.3, 0.4) is 0 Å². The summed E-state index contributed by atoms with van der Waals surface area (Å²) in [6.07, 6.45) is 3.36. The van der Waals surface area contributed by atoms with Crippen molar-refractivity contribution in [3.63, 3.8) is 0 Å². The smallest absolute Gasteiger partial charge is 0.239 e.